The zero-order valence-electron chi connectivity index (χ0n) is 11.4. The van der Waals surface area contributed by atoms with Crippen molar-refractivity contribution in [1.82, 2.24) is 0 Å². The predicted octanol–water partition coefficient (Wildman–Crippen LogP) is 4.13. The van der Waals surface area contributed by atoms with Crippen LogP contribution in [0.2, 0.25) is 0 Å². The average Bonchev–Trinajstić information content (AvgIpc) is 3.09. The van der Waals surface area contributed by atoms with E-state index in [0.717, 1.165) is 16.6 Å². The molecule has 0 spiro atoms. The van der Waals surface area contributed by atoms with Crippen LogP contribution in [0, 0.1) is 5.92 Å². The van der Waals surface area contributed by atoms with E-state index in [1.165, 1.54) is 18.5 Å². The molecule has 2 rings (SSSR count). The summed E-state index contributed by atoms with van der Waals surface area (Å²) in [5.41, 5.74) is 2.22. The largest absolute Gasteiger partial charge is 0.389 e. The lowest BCUT2D eigenvalue weighted by Crippen LogP contribution is -2.30. The van der Waals surface area contributed by atoms with Gasteiger partial charge >= 0.3 is 0 Å². The Balaban J connectivity index is 2.34. The number of hydrogen-bond donors (Lipinski definition) is 1. The molecule has 1 aromatic rings. The number of halogens is 1. The van der Waals surface area contributed by atoms with Gasteiger partial charge in [-0.1, -0.05) is 29.8 Å². The van der Waals surface area contributed by atoms with Crippen LogP contribution in [0.3, 0.4) is 0 Å². The third-order valence-electron chi connectivity index (χ3n) is 3.30. The molecular formula is C15H22BrNO. The minimum Gasteiger partial charge on any atom is -0.389 e. The van der Waals surface area contributed by atoms with E-state index < -0.39 is 6.10 Å². The van der Waals surface area contributed by atoms with Crippen molar-refractivity contribution in [2.24, 2.45) is 5.92 Å². The normalized spacial score (nSPS) is 17.0. The molecule has 1 unspecified atom stereocenters. The van der Waals surface area contributed by atoms with E-state index in [0.29, 0.717) is 12.0 Å². The number of benzene rings is 1. The third-order valence-corrected chi connectivity index (χ3v) is 3.79. The Kier molecular flexibility index (Phi) is 4.33. The summed E-state index contributed by atoms with van der Waals surface area (Å²) in [4.78, 5) is 2.47. The lowest BCUT2D eigenvalue weighted by atomic mass is 10.1. The van der Waals surface area contributed by atoms with Gasteiger partial charge in [-0.25, -0.2) is 0 Å². The van der Waals surface area contributed by atoms with Crippen molar-refractivity contribution in [1.29, 1.82) is 0 Å². The number of hydrogen-bond acceptors (Lipinski definition) is 2. The van der Waals surface area contributed by atoms with Crippen LogP contribution in [0.1, 0.15) is 45.3 Å². The van der Waals surface area contributed by atoms with Gasteiger partial charge in [0.1, 0.15) is 0 Å². The predicted molar refractivity (Wildman–Crippen MR) is 80.0 cm³/mol. The maximum absolute atomic E-state index is 9.97. The molecule has 18 heavy (non-hydrogen) atoms. The Morgan fingerprint density at radius 2 is 2.00 bits per heavy atom. The van der Waals surface area contributed by atoms with Gasteiger partial charge in [0.15, 0.2) is 0 Å². The Morgan fingerprint density at radius 1 is 1.33 bits per heavy atom. The van der Waals surface area contributed by atoms with Crippen LogP contribution < -0.4 is 4.90 Å². The van der Waals surface area contributed by atoms with E-state index in [9.17, 15) is 5.11 Å². The molecule has 2 nitrogen and oxygen atoms in total. The van der Waals surface area contributed by atoms with Crippen molar-refractivity contribution in [2.45, 2.75) is 45.8 Å². The van der Waals surface area contributed by atoms with Gasteiger partial charge in [-0.15, -0.1) is 0 Å². The van der Waals surface area contributed by atoms with Crippen LogP contribution in [0.25, 0.3) is 0 Å². The van der Waals surface area contributed by atoms with Crippen molar-refractivity contribution >= 4 is 21.6 Å². The quantitative estimate of drug-likeness (QED) is 0.884. The van der Waals surface area contributed by atoms with E-state index in [1.54, 1.807) is 0 Å². The number of aliphatic hydroxyl groups excluding tert-OH is 1. The molecule has 0 heterocycles. The lowest BCUT2D eigenvalue weighted by Gasteiger charge is -2.29. The first-order chi connectivity index (χ1) is 8.49. The smallest absolute Gasteiger partial charge is 0.0782 e. The highest BCUT2D eigenvalue weighted by molar-refractivity contribution is 9.10. The highest BCUT2D eigenvalue weighted by Gasteiger charge is 2.31. The molecule has 1 N–H and O–H groups in total. The molecule has 1 aliphatic rings. The minimum atomic E-state index is -0.425. The fourth-order valence-electron chi connectivity index (χ4n) is 2.35. The first-order valence-corrected chi connectivity index (χ1v) is 7.52. The number of nitrogens with zero attached hydrogens (tertiary/aromatic N) is 1. The van der Waals surface area contributed by atoms with Gasteiger partial charge in [-0.2, -0.15) is 0 Å². The Bertz CT molecular complexity index is 413. The maximum atomic E-state index is 9.97. The second kappa shape index (κ2) is 5.62. The van der Waals surface area contributed by atoms with Crippen LogP contribution in [-0.2, 0) is 0 Å². The van der Waals surface area contributed by atoms with Crippen LogP contribution in [0.5, 0.6) is 0 Å². The lowest BCUT2D eigenvalue weighted by molar-refractivity contribution is 0.199. The average molecular weight is 312 g/mol. The molecule has 3 heteroatoms. The van der Waals surface area contributed by atoms with Gasteiger partial charge in [-0.3, -0.25) is 0 Å². The second-order valence-corrected chi connectivity index (χ2v) is 6.57. The Morgan fingerprint density at radius 3 is 2.50 bits per heavy atom. The molecule has 1 saturated carbocycles. The first kappa shape index (κ1) is 13.9. The molecular weight excluding hydrogens is 290 g/mol. The van der Waals surface area contributed by atoms with E-state index in [1.807, 2.05) is 13.0 Å². The van der Waals surface area contributed by atoms with Crippen molar-refractivity contribution < 1.29 is 5.11 Å². The number of rotatable bonds is 5. The van der Waals surface area contributed by atoms with Gasteiger partial charge in [0, 0.05) is 28.3 Å². The van der Waals surface area contributed by atoms with Crippen LogP contribution in [0.4, 0.5) is 5.69 Å². The van der Waals surface area contributed by atoms with Gasteiger partial charge in [0.2, 0.25) is 0 Å². The minimum absolute atomic E-state index is 0.425. The van der Waals surface area contributed by atoms with Gasteiger partial charge in [0.05, 0.1) is 6.10 Å². The van der Waals surface area contributed by atoms with E-state index >= 15 is 0 Å². The Hall–Kier alpha value is -0.540. The van der Waals surface area contributed by atoms with Gasteiger partial charge in [0.25, 0.3) is 0 Å². The second-order valence-electron chi connectivity index (χ2n) is 5.66. The molecule has 1 aliphatic carbocycles. The van der Waals surface area contributed by atoms with E-state index in [4.69, 9.17) is 0 Å². The zero-order chi connectivity index (χ0) is 13.3. The molecule has 0 amide bonds. The van der Waals surface area contributed by atoms with Crippen molar-refractivity contribution in [3.8, 4) is 0 Å². The summed E-state index contributed by atoms with van der Waals surface area (Å²) in [6.07, 6.45) is 2.13. The number of aliphatic hydroxyl groups is 1. The summed E-state index contributed by atoms with van der Waals surface area (Å²) in [5, 5.41) is 9.97. The highest BCUT2D eigenvalue weighted by atomic mass is 79.9. The SMILES string of the molecule is CC(C)CN(c1ccc(Br)cc1C(C)O)C1CC1. The summed E-state index contributed by atoms with van der Waals surface area (Å²) in [7, 11) is 0. The molecule has 1 fully saturated rings. The molecule has 0 aromatic heterocycles. The fraction of sp³-hybridized carbons (Fsp3) is 0.600. The standard InChI is InChI=1S/C15H22BrNO/c1-10(2)9-17(13-5-6-13)15-7-4-12(16)8-14(15)11(3)18/h4,7-8,10-11,13,18H,5-6,9H2,1-3H3. The Labute approximate surface area is 118 Å². The molecule has 0 saturated heterocycles. The zero-order valence-corrected chi connectivity index (χ0v) is 12.9. The molecule has 0 bridgehead atoms. The van der Waals surface area contributed by atoms with Crippen molar-refractivity contribution in [3.63, 3.8) is 0 Å². The topological polar surface area (TPSA) is 23.5 Å². The summed E-state index contributed by atoms with van der Waals surface area (Å²) in [5.74, 6) is 0.635. The maximum Gasteiger partial charge on any atom is 0.0782 e. The fourth-order valence-corrected chi connectivity index (χ4v) is 2.72. The van der Waals surface area contributed by atoms with Crippen LogP contribution >= 0.6 is 15.9 Å². The molecule has 0 radical (unpaired) electrons. The van der Waals surface area contributed by atoms with Crippen molar-refractivity contribution in [2.75, 3.05) is 11.4 Å². The monoisotopic (exact) mass is 311 g/mol. The third kappa shape index (κ3) is 3.27. The highest BCUT2D eigenvalue weighted by Crippen LogP contribution is 2.37. The summed E-state index contributed by atoms with van der Waals surface area (Å²) in [6, 6.07) is 6.91. The van der Waals surface area contributed by atoms with Crippen LogP contribution in [-0.4, -0.2) is 17.7 Å². The van der Waals surface area contributed by atoms with Gasteiger partial charge < -0.3 is 10.0 Å². The van der Waals surface area contributed by atoms with Crippen LogP contribution in [0.15, 0.2) is 22.7 Å². The van der Waals surface area contributed by atoms with E-state index in [-0.39, 0.29) is 0 Å². The van der Waals surface area contributed by atoms with E-state index in [2.05, 4.69) is 46.8 Å². The molecule has 1 atom stereocenters. The summed E-state index contributed by atoms with van der Waals surface area (Å²) >= 11 is 3.49. The summed E-state index contributed by atoms with van der Waals surface area (Å²) in [6.45, 7) is 7.39. The molecule has 1 aromatic carbocycles. The number of anilines is 1. The molecule has 100 valence electrons. The molecule has 0 aliphatic heterocycles. The van der Waals surface area contributed by atoms with Gasteiger partial charge in [-0.05, 0) is 43.9 Å². The summed E-state index contributed by atoms with van der Waals surface area (Å²) < 4.78 is 1.03. The van der Waals surface area contributed by atoms with Crippen molar-refractivity contribution in [3.05, 3.63) is 28.2 Å². The first-order valence-electron chi connectivity index (χ1n) is 6.73.